The second kappa shape index (κ2) is 7.25. The van der Waals surface area contributed by atoms with Crippen LogP contribution in [0.5, 0.6) is 0 Å². The van der Waals surface area contributed by atoms with Gasteiger partial charge in [0.2, 0.25) is 0 Å². The topological polar surface area (TPSA) is 30.5 Å². The third-order valence-electron chi connectivity index (χ3n) is 3.63. The Morgan fingerprint density at radius 3 is 2.56 bits per heavy atom. The molecular weight excluding hydrogens is 202 g/mol. The molecule has 1 saturated heterocycles. The summed E-state index contributed by atoms with van der Waals surface area (Å²) in [5.41, 5.74) is 0. The average Bonchev–Trinajstić information content (AvgIpc) is 2.83. The molecule has 1 N–H and O–H groups in total. The third kappa shape index (κ3) is 4.40. The van der Waals surface area contributed by atoms with Crippen LogP contribution in [0.1, 0.15) is 44.9 Å². The van der Waals surface area contributed by atoms with E-state index in [0.717, 1.165) is 51.7 Å². The molecule has 0 radical (unpaired) electrons. The highest BCUT2D eigenvalue weighted by molar-refractivity contribution is 4.73. The Morgan fingerprint density at radius 2 is 1.81 bits per heavy atom. The molecule has 16 heavy (non-hydrogen) atoms. The van der Waals surface area contributed by atoms with Gasteiger partial charge in [-0.1, -0.05) is 12.8 Å². The summed E-state index contributed by atoms with van der Waals surface area (Å²) in [5, 5.41) is 3.61. The molecule has 2 aliphatic rings. The third-order valence-corrected chi connectivity index (χ3v) is 3.63. The zero-order chi connectivity index (χ0) is 11.1. The average molecular weight is 227 g/mol. The van der Waals surface area contributed by atoms with E-state index < -0.39 is 0 Å². The maximum absolute atomic E-state index is 5.83. The van der Waals surface area contributed by atoms with Crippen molar-refractivity contribution in [1.82, 2.24) is 5.32 Å². The predicted molar refractivity (Wildman–Crippen MR) is 64.7 cm³/mol. The summed E-state index contributed by atoms with van der Waals surface area (Å²) in [7, 11) is 0. The molecule has 0 aromatic carbocycles. The molecule has 2 rings (SSSR count). The van der Waals surface area contributed by atoms with E-state index in [1.165, 1.54) is 25.7 Å². The van der Waals surface area contributed by atoms with Crippen molar-refractivity contribution in [3.05, 3.63) is 0 Å². The van der Waals surface area contributed by atoms with E-state index in [-0.39, 0.29) is 0 Å². The van der Waals surface area contributed by atoms with E-state index in [1.54, 1.807) is 0 Å². The lowest BCUT2D eigenvalue weighted by Gasteiger charge is -2.22. The SMILES string of the molecule is C(CNC1CCCC1)COC1CCOCC1. The van der Waals surface area contributed by atoms with Crippen molar-refractivity contribution in [3.63, 3.8) is 0 Å². The van der Waals surface area contributed by atoms with Crippen LogP contribution in [0.2, 0.25) is 0 Å². The van der Waals surface area contributed by atoms with Gasteiger partial charge in [0.25, 0.3) is 0 Å². The van der Waals surface area contributed by atoms with Crippen LogP contribution in [0.3, 0.4) is 0 Å². The Bertz CT molecular complexity index is 175. The van der Waals surface area contributed by atoms with Gasteiger partial charge in [-0.25, -0.2) is 0 Å². The summed E-state index contributed by atoms with van der Waals surface area (Å²) >= 11 is 0. The van der Waals surface area contributed by atoms with Crippen molar-refractivity contribution in [1.29, 1.82) is 0 Å². The predicted octanol–water partition coefficient (Wildman–Crippen LogP) is 2.10. The van der Waals surface area contributed by atoms with Crippen LogP contribution in [-0.2, 0) is 9.47 Å². The van der Waals surface area contributed by atoms with Crippen LogP contribution in [0.25, 0.3) is 0 Å². The fourth-order valence-corrected chi connectivity index (χ4v) is 2.60. The Morgan fingerprint density at radius 1 is 1.06 bits per heavy atom. The monoisotopic (exact) mass is 227 g/mol. The molecule has 1 heterocycles. The van der Waals surface area contributed by atoms with E-state index in [9.17, 15) is 0 Å². The van der Waals surface area contributed by atoms with Gasteiger partial charge in [0.1, 0.15) is 0 Å². The number of ether oxygens (including phenoxy) is 2. The first-order chi connectivity index (χ1) is 7.95. The number of nitrogens with one attached hydrogen (secondary N) is 1. The zero-order valence-electron chi connectivity index (χ0n) is 10.2. The molecule has 0 aromatic rings. The fourth-order valence-electron chi connectivity index (χ4n) is 2.60. The molecule has 0 bridgehead atoms. The van der Waals surface area contributed by atoms with Crippen LogP contribution >= 0.6 is 0 Å². The highest BCUT2D eigenvalue weighted by Gasteiger charge is 2.15. The van der Waals surface area contributed by atoms with Crippen LogP contribution in [0.4, 0.5) is 0 Å². The van der Waals surface area contributed by atoms with Crippen molar-refractivity contribution in [3.8, 4) is 0 Å². The molecule has 1 aliphatic carbocycles. The summed E-state index contributed by atoms with van der Waals surface area (Å²) in [6, 6.07) is 0.795. The smallest absolute Gasteiger partial charge is 0.0619 e. The van der Waals surface area contributed by atoms with E-state index in [2.05, 4.69) is 5.32 Å². The second-order valence-corrected chi connectivity index (χ2v) is 4.97. The van der Waals surface area contributed by atoms with Crippen LogP contribution in [0, 0.1) is 0 Å². The lowest BCUT2D eigenvalue weighted by molar-refractivity contribution is -0.0322. The summed E-state index contributed by atoms with van der Waals surface area (Å²) < 4.78 is 11.1. The lowest BCUT2D eigenvalue weighted by Crippen LogP contribution is -2.29. The van der Waals surface area contributed by atoms with Crippen molar-refractivity contribution in [2.24, 2.45) is 0 Å². The molecule has 0 amide bonds. The maximum atomic E-state index is 5.83. The Hall–Kier alpha value is -0.120. The van der Waals surface area contributed by atoms with Gasteiger partial charge in [0.15, 0.2) is 0 Å². The Kier molecular flexibility index (Phi) is 5.59. The quantitative estimate of drug-likeness (QED) is 0.705. The summed E-state index contributed by atoms with van der Waals surface area (Å²) in [5.74, 6) is 0. The maximum Gasteiger partial charge on any atom is 0.0619 e. The Balaban J connectivity index is 1.42. The molecule has 0 aromatic heterocycles. The molecule has 2 fully saturated rings. The van der Waals surface area contributed by atoms with Crippen molar-refractivity contribution < 1.29 is 9.47 Å². The van der Waals surface area contributed by atoms with E-state index in [1.807, 2.05) is 0 Å². The fraction of sp³-hybridized carbons (Fsp3) is 1.00. The largest absolute Gasteiger partial charge is 0.381 e. The number of hydrogen-bond donors (Lipinski definition) is 1. The van der Waals surface area contributed by atoms with Gasteiger partial charge in [-0.05, 0) is 38.6 Å². The summed E-state index contributed by atoms with van der Waals surface area (Å²) in [6.07, 6.45) is 9.34. The van der Waals surface area contributed by atoms with E-state index >= 15 is 0 Å². The Labute approximate surface area is 98.9 Å². The number of hydrogen-bond acceptors (Lipinski definition) is 3. The molecule has 0 spiro atoms. The normalized spacial score (nSPS) is 24.0. The minimum atomic E-state index is 0.459. The van der Waals surface area contributed by atoms with Gasteiger partial charge in [0.05, 0.1) is 6.10 Å². The minimum absolute atomic E-state index is 0.459. The second-order valence-electron chi connectivity index (χ2n) is 4.97. The first kappa shape index (κ1) is 12.3. The van der Waals surface area contributed by atoms with Crippen LogP contribution < -0.4 is 5.32 Å². The van der Waals surface area contributed by atoms with Crippen molar-refractivity contribution in [2.75, 3.05) is 26.4 Å². The van der Waals surface area contributed by atoms with Crippen LogP contribution in [-0.4, -0.2) is 38.5 Å². The molecule has 1 saturated carbocycles. The van der Waals surface area contributed by atoms with Crippen LogP contribution in [0.15, 0.2) is 0 Å². The highest BCUT2D eigenvalue weighted by Crippen LogP contribution is 2.17. The van der Waals surface area contributed by atoms with Gasteiger partial charge in [-0.2, -0.15) is 0 Å². The van der Waals surface area contributed by atoms with E-state index in [4.69, 9.17) is 9.47 Å². The molecule has 1 aliphatic heterocycles. The minimum Gasteiger partial charge on any atom is -0.381 e. The van der Waals surface area contributed by atoms with Crippen molar-refractivity contribution in [2.45, 2.75) is 57.1 Å². The lowest BCUT2D eigenvalue weighted by atomic mass is 10.1. The highest BCUT2D eigenvalue weighted by atomic mass is 16.5. The number of rotatable bonds is 6. The first-order valence-corrected chi connectivity index (χ1v) is 6.88. The molecule has 0 unspecified atom stereocenters. The molecule has 3 nitrogen and oxygen atoms in total. The van der Waals surface area contributed by atoms with Gasteiger partial charge in [-0.3, -0.25) is 0 Å². The molecular formula is C13H25NO2. The molecule has 0 atom stereocenters. The van der Waals surface area contributed by atoms with E-state index in [0.29, 0.717) is 6.10 Å². The molecule has 94 valence electrons. The zero-order valence-corrected chi connectivity index (χ0v) is 10.2. The summed E-state index contributed by atoms with van der Waals surface area (Å²) in [6.45, 7) is 3.79. The van der Waals surface area contributed by atoms with Crippen molar-refractivity contribution >= 4 is 0 Å². The first-order valence-electron chi connectivity index (χ1n) is 6.88. The summed E-state index contributed by atoms with van der Waals surface area (Å²) in [4.78, 5) is 0. The van der Waals surface area contributed by atoms with Gasteiger partial charge >= 0.3 is 0 Å². The van der Waals surface area contributed by atoms with Gasteiger partial charge in [0, 0.05) is 25.9 Å². The molecule has 3 heteroatoms. The van der Waals surface area contributed by atoms with Gasteiger partial charge in [-0.15, -0.1) is 0 Å². The standard InChI is InChI=1S/C13H25NO2/c1-2-5-12(4-1)14-8-3-9-16-13-6-10-15-11-7-13/h12-14H,1-11H2. The van der Waals surface area contributed by atoms with Gasteiger partial charge < -0.3 is 14.8 Å².